The standard InChI is InChI=1S/C15H17N3O3S/c16-4-1-5-18-11(9-14(19)17-15(18)22)10-2-3-12-13(8-10)21-7-6-20-12/h2-3,8-9H,1,4-7,16H2,(H,17,19,22). The highest BCUT2D eigenvalue weighted by Gasteiger charge is 2.14. The van der Waals surface area contributed by atoms with Crippen LogP contribution in [0, 0.1) is 4.77 Å². The molecule has 2 heterocycles. The first-order valence-corrected chi connectivity index (χ1v) is 7.54. The topological polar surface area (TPSA) is 82.3 Å². The molecule has 0 unspecified atom stereocenters. The van der Waals surface area contributed by atoms with Crippen LogP contribution in [0.15, 0.2) is 29.1 Å². The summed E-state index contributed by atoms with van der Waals surface area (Å²) < 4.78 is 13.4. The first kappa shape index (κ1) is 14.8. The molecule has 1 aromatic carbocycles. The van der Waals surface area contributed by atoms with Crippen molar-refractivity contribution in [3.63, 3.8) is 0 Å². The molecule has 3 rings (SSSR count). The molecule has 116 valence electrons. The maximum absolute atomic E-state index is 11.8. The highest BCUT2D eigenvalue weighted by atomic mass is 32.1. The highest BCUT2D eigenvalue weighted by molar-refractivity contribution is 7.71. The zero-order valence-corrected chi connectivity index (χ0v) is 12.8. The number of H-pyrrole nitrogens is 1. The lowest BCUT2D eigenvalue weighted by Crippen LogP contribution is -2.17. The Balaban J connectivity index is 2.10. The van der Waals surface area contributed by atoms with Gasteiger partial charge in [0.05, 0.1) is 5.69 Å². The van der Waals surface area contributed by atoms with Gasteiger partial charge in [-0.2, -0.15) is 0 Å². The van der Waals surface area contributed by atoms with Crippen LogP contribution in [0.3, 0.4) is 0 Å². The molecule has 7 heteroatoms. The molecule has 0 radical (unpaired) electrons. The summed E-state index contributed by atoms with van der Waals surface area (Å²) in [7, 11) is 0. The second-order valence-corrected chi connectivity index (χ2v) is 5.36. The maximum Gasteiger partial charge on any atom is 0.252 e. The first-order chi connectivity index (χ1) is 10.7. The van der Waals surface area contributed by atoms with Crippen LogP contribution in [0.2, 0.25) is 0 Å². The average Bonchev–Trinajstić information content (AvgIpc) is 2.53. The second-order valence-electron chi connectivity index (χ2n) is 4.98. The molecular weight excluding hydrogens is 302 g/mol. The molecule has 1 aromatic heterocycles. The third kappa shape index (κ3) is 2.90. The van der Waals surface area contributed by atoms with Gasteiger partial charge in [0, 0.05) is 18.2 Å². The number of aromatic nitrogens is 2. The van der Waals surface area contributed by atoms with Gasteiger partial charge in [0.15, 0.2) is 16.3 Å². The van der Waals surface area contributed by atoms with E-state index in [1.54, 1.807) is 0 Å². The molecule has 2 aromatic rings. The lowest BCUT2D eigenvalue weighted by molar-refractivity contribution is 0.171. The quantitative estimate of drug-likeness (QED) is 0.838. The molecule has 0 bridgehead atoms. The Morgan fingerprint density at radius 1 is 1.23 bits per heavy atom. The smallest absolute Gasteiger partial charge is 0.252 e. The van der Waals surface area contributed by atoms with Gasteiger partial charge in [0.1, 0.15) is 13.2 Å². The first-order valence-electron chi connectivity index (χ1n) is 7.13. The molecule has 1 aliphatic rings. The van der Waals surface area contributed by atoms with Gasteiger partial charge in [-0.25, -0.2) is 0 Å². The summed E-state index contributed by atoms with van der Waals surface area (Å²) in [6.45, 7) is 2.27. The number of fused-ring (bicyclic) bond motifs is 1. The van der Waals surface area contributed by atoms with Gasteiger partial charge in [0.25, 0.3) is 5.56 Å². The average molecular weight is 319 g/mol. The van der Waals surface area contributed by atoms with Crippen LogP contribution >= 0.6 is 12.2 Å². The summed E-state index contributed by atoms with van der Waals surface area (Å²) in [6.07, 6.45) is 0.776. The Labute approximate surface area is 132 Å². The molecule has 0 amide bonds. The van der Waals surface area contributed by atoms with E-state index in [4.69, 9.17) is 27.4 Å². The fourth-order valence-corrected chi connectivity index (χ4v) is 2.72. The third-order valence-corrected chi connectivity index (χ3v) is 3.78. The molecule has 0 spiro atoms. The molecule has 0 saturated carbocycles. The molecule has 0 fully saturated rings. The summed E-state index contributed by atoms with van der Waals surface area (Å²) in [5, 5.41) is 0. The zero-order valence-electron chi connectivity index (χ0n) is 12.0. The fourth-order valence-electron chi connectivity index (χ4n) is 2.43. The lowest BCUT2D eigenvalue weighted by atomic mass is 10.1. The number of ether oxygens (including phenoxy) is 2. The van der Waals surface area contributed by atoms with Crippen molar-refractivity contribution in [2.45, 2.75) is 13.0 Å². The summed E-state index contributed by atoms with van der Waals surface area (Å²) in [4.78, 5) is 14.4. The van der Waals surface area contributed by atoms with Crippen LogP contribution < -0.4 is 20.8 Å². The number of rotatable bonds is 4. The van der Waals surface area contributed by atoms with E-state index in [1.165, 1.54) is 6.07 Å². The Morgan fingerprint density at radius 2 is 2.00 bits per heavy atom. The maximum atomic E-state index is 11.8. The van der Waals surface area contributed by atoms with E-state index >= 15 is 0 Å². The van der Waals surface area contributed by atoms with Crippen molar-refractivity contribution in [3.8, 4) is 22.8 Å². The SMILES string of the molecule is NCCCn1c(-c2ccc3c(c2)OCCO3)cc(=O)[nH]c1=S. The molecule has 3 N–H and O–H groups in total. The number of benzene rings is 1. The fraction of sp³-hybridized carbons (Fsp3) is 0.333. The van der Waals surface area contributed by atoms with Gasteiger partial charge >= 0.3 is 0 Å². The molecule has 1 aliphatic heterocycles. The van der Waals surface area contributed by atoms with Gasteiger partial charge in [-0.15, -0.1) is 0 Å². The summed E-state index contributed by atoms with van der Waals surface area (Å²) in [5.41, 5.74) is 6.97. The monoisotopic (exact) mass is 319 g/mol. The van der Waals surface area contributed by atoms with Crippen LogP contribution in [-0.4, -0.2) is 29.3 Å². The van der Waals surface area contributed by atoms with Crippen molar-refractivity contribution < 1.29 is 9.47 Å². The van der Waals surface area contributed by atoms with Gasteiger partial charge in [-0.3, -0.25) is 9.78 Å². The summed E-state index contributed by atoms with van der Waals surface area (Å²) in [5.74, 6) is 1.40. The van der Waals surface area contributed by atoms with Crippen molar-refractivity contribution in [2.75, 3.05) is 19.8 Å². The van der Waals surface area contributed by atoms with E-state index in [0.717, 1.165) is 17.7 Å². The largest absolute Gasteiger partial charge is 0.486 e. The number of aromatic amines is 1. The molecule has 6 nitrogen and oxygen atoms in total. The van der Waals surface area contributed by atoms with E-state index in [9.17, 15) is 4.79 Å². The van der Waals surface area contributed by atoms with E-state index in [1.807, 2.05) is 22.8 Å². The molecule has 22 heavy (non-hydrogen) atoms. The Hall–Kier alpha value is -2.12. The van der Waals surface area contributed by atoms with Crippen molar-refractivity contribution in [1.82, 2.24) is 9.55 Å². The molecule has 0 saturated heterocycles. The molecular formula is C15H17N3O3S. The van der Waals surface area contributed by atoms with Gasteiger partial charge < -0.3 is 19.8 Å². The third-order valence-electron chi connectivity index (χ3n) is 3.46. The summed E-state index contributed by atoms with van der Waals surface area (Å²) in [6, 6.07) is 7.16. The Kier molecular flexibility index (Phi) is 4.26. The van der Waals surface area contributed by atoms with Crippen molar-refractivity contribution in [3.05, 3.63) is 39.4 Å². The number of hydrogen-bond acceptors (Lipinski definition) is 5. The Morgan fingerprint density at radius 3 is 2.77 bits per heavy atom. The van der Waals surface area contributed by atoms with E-state index < -0.39 is 0 Å². The van der Waals surface area contributed by atoms with Crippen molar-refractivity contribution in [2.24, 2.45) is 5.73 Å². The zero-order chi connectivity index (χ0) is 15.5. The van der Waals surface area contributed by atoms with Crippen LogP contribution in [0.1, 0.15) is 6.42 Å². The molecule has 0 aliphatic carbocycles. The van der Waals surface area contributed by atoms with Crippen LogP contribution in [0.25, 0.3) is 11.3 Å². The minimum Gasteiger partial charge on any atom is -0.486 e. The van der Waals surface area contributed by atoms with Gasteiger partial charge in [-0.05, 0) is 43.4 Å². The van der Waals surface area contributed by atoms with Crippen LogP contribution in [-0.2, 0) is 6.54 Å². The normalized spacial score (nSPS) is 13.1. The van der Waals surface area contributed by atoms with E-state index in [-0.39, 0.29) is 5.56 Å². The van der Waals surface area contributed by atoms with E-state index in [0.29, 0.717) is 42.6 Å². The van der Waals surface area contributed by atoms with Crippen molar-refractivity contribution in [1.29, 1.82) is 0 Å². The number of nitrogens with zero attached hydrogens (tertiary/aromatic N) is 1. The van der Waals surface area contributed by atoms with Crippen LogP contribution in [0.5, 0.6) is 11.5 Å². The second kappa shape index (κ2) is 6.33. The van der Waals surface area contributed by atoms with Crippen molar-refractivity contribution >= 4 is 12.2 Å². The predicted octanol–water partition coefficient (Wildman–Crippen LogP) is 1.69. The minimum atomic E-state index is -0.223. The predicted molar refractivity (Wildman–Crippen MR) is 86.0 cm³/mol. The van der Waals surface area contributed by atoms with E-state index in [2.05, 4.69) is 4.98 Å². The lowest BCUT2D eigenvalue weighted by Gasteiger charge is -2.20. The minimum absolute atomic E-state index is 0.223. The van der Waals surface area contributed by atoms with Gasteiger partial charge in [0.2, 0.25) is 0 Å². The van der Waals surface area contributed by atoms with Crippen LogP contribution in [0.4, 0.5) is 0 Å². The highest BCUT2D eigenvalue weighted by Crippen LogP contribution is 2.34. The molecule has 0 atom stereocenters. The number of nitrogens with one attached hydrogen (secondary N) is 1. The van der Waals surface area contributed by atoms with Gasteiger partial charge in [-0.1, -0.05) is 0 Å². The number of hydrogen-bond donors (Lipinski definition) is 2. The Bertz CT molecular complexity index is 797. The summed E-state index contributed by atoms with van der Waals surface area (Å²) >= 11 is 5.27. The number of nitrogens with two attached hydrogens (primary N) is 1.